The van der Waals surface area contributed by atoms with Crippen molar-refractivity contribution in [1.82, 2.24) is 10.2 Å². The summed E-state index contributed by atoms with van der Waals surface area (Å²) >= 11 is 1.39. The monoisotopic (exact) mass is 283 g/mol. The number of aliphatic imine (C=N–C) groups is 1. The molecule has 0 aliphatic heterocycles. The van der Waals surface area contributed by atoms with Crippen molar-refractivity contribution >= 4 is 23.3 Å². The van der Waals surface area contributed by atoms with Crippen LogP contribution >= 0.6 is 11.3 Å². The van der Waals surface area contributed by atoms with E-state index in [0.717, 1.165) is 6.54 Å². The summed E-state index contributed by atoms with van der Waals surface area (Å²) in [5, 5.41) is 4.57. The van der Waals surface area contributed by atoms with Crippen molar-refractivity contribution in [2.24, 2.45) is 4.99 Å². The van der Waals surface area contributed by atoms with Crippen LogP contribution in [0.5, 0.6) is 0 Å². The van der Waals surface area contributed by atoms with Crippen molar-refractivity contribution < 1.29 is 9.53 Å². The molecule has 1 aromatic heterocycles. The number of amides is 1. The van der Waals surface area contributed by atoms with E-state index in [1.807, 2.05) is 44.3 Å². The van der Waals surface area contributed by atoms with Crippen LogP contribution in [-0.2, 0) is 4.74 Å². The molecule has 0 unspecified atom stereocenters. The summed E-state index contributed by atoms with van der Waals surface area (Å²) < 4.78 is 5.50. The van der Waals surface area contributed by atoms with Gasteiger partial charge in [-0.2, -0.15) is 0 Å². The smallest absolute Gasteiger partial charge is 0.292 e. The molecule has 6 heteroatoms. The summed E-state index contributed by atoms with van der Waals surface area (Å²) in [5.41, 5.74) is 0. The number of amidine groups is 1. The third-order valence-electron chi connectivity index (χ3n) is 2.12. The van der Waals surface area contributed by atoms with Gasteiger partial charge in [0.2, 0.25) is 0 Å². The Labute approximate surface area is 118 Å². The molecule has 0 saturated carbocycles. The Morgan fingerprint density at radius 2 is 2.26 bits per heavy atom. The summed E-state index contributed by atoms with van der Waals surface area (Å²) in [6.07, 6.45) is -0.0262. The van der Waals surface area contributed by atoms with E-state index < -0.39 is 0 Å². The number of carbonyl (C=O) groups excluding carboxylic acids is 1. The molecule has 0 aromatic carbocycles. The topological polar surface area (TPSA) is 53.9 Å². The van der Waals surface area contributed by atoms with Gasteiger partial charge in [-0.25, -0.2) is 4.99 Å². The summed E-state index contributed by atoms with van der Waals surface area (Å²) in [7, 11) is 3.95. The summed E-state index contributed by atoms with van der Waals surface area (Å²) in [6, 6.07) is 3.90. The van der Waals surface area contributed by atoms with Crippen LogP contribution < -0.4 is 5.32 Å². The second-order valence-corrected chi connectivity index (χ2v) is 5.54. The van der Waals surface area contributed by atoms with Crippen LogP contribution in [0.4, 0.5) is 0 Å². The highest BCUT2D eigenvalue weighted by molar-refractivity contribution is 7.12. The van der Waals surface area contributed by atoms with E-state index in [4.69, 9.17) is 4.74 Å². The predicted octanol–water partition coefficient (Wildman–Crippen LogP) is 1.82. The molecule has 5 nitrogen and oxygen atoms in total. The molecule has 19 heavy (non-hydrogen) atoms. The second kappa shape index (κ2) is 7.91. The number of carbonyl (C=O) groups is 1. The molecule has 1 amide bonds. The fourth-order valence-electron chi connectivity index (χ4n) is 1.25. The highest BCUT2D eigenvalue weighted by Crippen LogP contribution is 2.07. The third-order valence-corrected chi connectivity index (χ3v) is 2.98. The van der Waals surface area contributed by atoms with E-state index in [1.54, 1.807) is 6.07 Å². The lowest BCUT2D eigenvalue weighted by molar-refractivity contribution is 0.0963. The minimum absolute atomic E-state index is 0.0262. The quantitative estimate of drug-likeness (QED) is 0.662. The maximum absolute atomic E-state index is 11.9. The molecule has 1 heterocycles. The Morgan fingerprint density at radius 3 is 2.79 bits per heavy atom. The van der Waals surface area contributed by atoms with Gasteiger partial charge in [-0.15, -0.1) is 11.3 Å². The zero-order valence-corrected chi connectivity index (χ0v) is 12.7. The van der Waals surface area contributed by atoms with Crippen molar-refractivity contribution in [1.29, 1.82) is 0 Å². The van der Waals surface area contributed by atoms with Gasteiger partial charge >= 0.3 is 0 Å². The van der Waals surface area contributed by atoms with Gasteiger partial charge in [0.05, 0.1) is 17.5 Å². The van der Waals surface area contributed by atoms with Crippen LogP contribution in [0.3, 0.4) is 0 Å². The van der Waals surface area contributed by atoms with Gasteiger partial charge in [-0.05, 0) is 39.4 Å². The molecular formula is C13H21N3O2S. The zero-order valence-electron chi connectivity index (χ0n) is 11.8. The normalized spacial score (nSPS) is 12.0. The minimum Gasteiger partial charge on any atom is -0.462 e. The van der Waals surface area contributed by atoms with Crippen molar-refractivity contribution in [3.63, 3.8) is 0 Å². The van der Waals surface area contributed by atoms with Gasteiger partial charge < -0.3 is 9.64 Å². The first-order chi connectivity index (χ1) is 8.99. The molecule has 0 spiro atoms. The first-order valence-corrected chi connectivity index (χ1v) is 7.07. The lowest BCUT2D eigenvalue weighted by Crippen LogP contribution is -2.34. The Morgan fingerprint density at radius 1 is 1.53 bits per heavy atom. The maximum atomic E-state index is 11.9. The van der Waals surface area contributed by atoms with Gasteiger partial charge in [0.15, 0.2) is 0 Å². The van der Waals surface area contributed by atoms with E-state index >= 15 is 0 Å². The number of thiophene rings is 1. The zero-order chi connectivity index (χ0) is 14.3. The van der Waals surface area contributed by atoms with Gasteiger partial charge in [-0.3, -0.25) is 10.1 Å². The fraction of sp³-hybridized carbons (Fsp3) is 0.538. The Hall–Kier alpha value is -1.40. The van der Waals surface area contributed by atoms with E-state index in [1.165, 1.54) is 11.3 Å². The lowest BCUT2D eigenvalue weighted by atomic mass is 10.4. The van der Waals surface area contributed by atoms with Crippen LogP contribution in [0.1, 0.15) is 23.5 Å². The van der Waals surface area contributed by atoms with Gasteiger partial charge in [0, 0.05) is 6.54 Å². The van der Waals surface area contributed by atoms with Crippen molar-refractivity contribution in [2.75, 3.05) is 27.2 Å². The molecular weight excluding hydrogens is 262 g/mol. The molecule has 106 valence electrons. The molecule has 0 bridgehead atoms. The highest BCUT2D eigenvalue weighted by Gasteiger charge is 2.11. The molecule has 0 fully saturated rings. The lowest BCUT2D eigenvalue weighted by Gasteiger charge is -2.13. The maximum Gasteiger partial charge on any atom is 0.292 e. The molecule has 1 rings (SSSR count). The Kier molecular flexibility index (Phi) is 6.52. The van der Waals surface area contributed by atoms with E-state index in [2.05, 4.69) is 10.3 Å². The average Bonchev–Trinajstić information content (AvgIpc) is 2.80. The summed E-state index contributed by atoms with van der Waals surface area (Å²) in [4.78, 5) is 18.9. The number of rotatable bonds is 5. The van der Waals surface area contributed by atoms with E-state index in [-0.39, 0.29) is 18.0 Å². The van der Waals surface area contributed by atoms with Crippen LogP contribution in [0.25, 0.3) is 0 Å². The van der Waals surface area contributed by atoms with Gasteiger partial charge in [0.25, 0.3) is 11.9 Å². The second-order valence-electron chi connectivity index (χ2n) is 4.59. The molecule has 0 aliphatic rings. The summed E-state index contributed by atoms with van der Waals surface area (Å²) in [5.74, 6) is -0.181. The number of likely N-dealkylation sites (N-methyl/N-ethyl adjacent to an activating group) is 1. The highest BCUT2D eigenvalue weighted by atomic mass is 32.1. The minimum atomic E-state index is -0.181. The van der Waals surface area contributed by atoms with E-state index in [9.17, 15) is 4.79 Å². The Balaban J connectivity index is 2.61. The van der Waals surface area contributed by atoms with Gasteiger partial charge in [0.1, 0.15) is 0 Å². The van der Waals surface area contributed by atoms with Gasteiger partial charge in [-0.1, -0.05) is 6.07 Å². The first kappa shape index (κ1) is 15.7. The molecule has 1 aromatic rings. The summed E-state index contributed by atoms with van der Waals surface area (Å²) in [6.45, 7) is 5.19. The van der Waals surface area contributed by atoms with Crippen molar-refractivity contribution in [3.8, 4) is 0 Å². The first-order valence-electron chi connectivity index (χ1n) is 6.19. The van der Waals surface area contributed by atoms with Crippen LogP contribution in [0.2, 0.25) is 0 Å². The number of nitrogens with one attached hydrogen (secondary N) is 1. The number of hydrogen-bond acceptors (Lipinski definition) is 5. The fourth-order valence-corrected chi connectivity index (χ4v) is 1.87. The molecule has 0 saturated heterocycles. The number of hydrogen-bond donors (Lipinski definition) is 1. The largest absolute Gasteiger partial charge is 0.462 e. The predicted molar refractivity (Wildman–Crippen MR) is 78.9 cm³/mol. The third kappa shape index (κ3) is 6.35. The van der Waals surface area contributed by atoms with Crippen LogP contribution in [0, 0.1) is 0 Å². The molecule has 1 N–H and O–H groups in total. The average molecular weight is 283 g/mol. The molecule has 0 radical (unpaired) electrons. The van der Waals surface area contributed by atoms with Crippen molar-refractivity contribution in [2.45, 2.75) is 20.0 Å². The Bertz CT molecular complexity index is 414. The van der Waals surface area contributed by atoms with Crippen molar-refractivity contribution in [3.05, 3.63) is 22.4 Å². The molecule has 0 aliphatic carbocycles. The van der Waals surface area contributed by atoms with E-state index in [0.29, 0.717) is 11.4 Å². The van der Waals surface area contributed by atoms with Crippen LogP contribution in [0.15, 0.2) is 22.5 Å². The van der Waals surface area contributed by atoms with Crippen LogP contribution in [-0.4, -0.2) is 50.1 Å². The standard InChI is InChI=1S/C13H21N3O2S/c1-10(2)18-13(14-7-8-16(3)4)15-12(17)11-6-5-9-19-11/h5-6,9-10H,7-8H2,1-4H3,(H,14,15,17). The number of ether oxygens (including phenoxy) is 1. The number of nitrogens with zero attached hydrogens (tertiary/aromatic N) is 2. The SMILES string of the molecule is CC(C)OC(=NCCN(C)C)NC(=O)c1cccs1. The molecule has 0 atom stereocenters.